The Morgan fingerprint density at radius 3 is 2.62 bits per heavy atom. The van der Waals surface area contributed by atoms with Gasteiger partial charge < -0.3 is 10.8 Å². The molecule has 2 nitrogen and oxygen atoms in total. The predicted octanol–water partition coefficient (Wildman–Crippen LogP) is 2.02. The molecular formula is C13H20FNO. The molecule has 2 atom stereocenters. The van der Waals surface area contributed by atoms with Gasteiger partial charge in [-0.3, -0.25) is 0 Å². The van der Waals surface area contributed by atoms with E-state index >= 15 is 0 Å². The van der Waals surface area contributed by atoms with Crippen molar-refractivity contribution in [2.75, 3.05) is 6.54 Å². The highest BCUT2D eigenvalue weighted by Crippen LogP contribution is 2.27. The molecule has 1 aromatic carbocycles. The molecule has 0 amide bonds. The van der Waals surface area contributed by atoms with Gasteiger partial charge in [0, 0.05) is 12.0 Å². The molecule has 1 rings (SSSR count). The van der Waals surface area contributed by atoms with E-state index in [-0.39, 0.29) is 5.82 Å². The van der Waals surface area contributed by atoms with Crippen molar-refractivity contribution >= 4 is 0 Å². The van der Waals surface area contributed by atoms with Gasteiger partial charge in [0.15, 0.2) is 0 Å². The van der Waals surface area contributed by atoms with Gasteiger partial charge in [0.05, 0.1) is 6.10 Å². The van der Waals surface area contributed by atoms with E-state index in [1.54, 1.807) is 13.0 Å². The van der Waals surface area contributed by atoms with Crippen LogP contribution < -0.4 is 5.73 Å². The van der Waals surface area contributed by atoms with Crippen LogP contribution in [0.4, 0.5) is 4.39 Å². The molecule has 3 N–H and O–H groups in total. The molecule has 0 saturated carbocycles. The summed E-state index contributed by atoms with van der Waals surface area (Å²) in [5.41, 5.74) is 7.23. The molecule has 90 valence electrons. The first-order valence-electron chi connectivity index (χ1n) is 5.52. The summed E-state index contributed by atoms with van der Waals surface area (Å²) in [6.07, 6.45) is 0.0743. The summed E-state index contributed by atoms with van der Waals surface area (Å²) < 4.78 is 13.1. The molecule has 0 saturated heterocycles. The van der Waals surface area contributed by atoms with Gasteiger partial charge in [0.25, 0.3) is 0 Å². The molecule has 0 aliphatic rings. The Kier molecular flexibility index (Phi) is 4.05. The number of aliphatic hydroxyl groups is 1. The van der Waals surface area contributed by atoms with E-state index in [0.29, 0.717) is 13.0 Å². The zero-order valence-corrected chi connectivity index (χ0v) is 10.1. The lowest BCUT2D eigenvalue weighted by molar-refractivity contribution is 0.0587. The van der Waals surface area contributed by atoms with Gasteiger partial charge in [-0.1, -0.05) is 13.0 Å². The monoisotopic (exact) mass is 225 g/mol. The van der Waals surface area contributed by atoms with E-state index in [1.165, 1.54) is 12.1 Å². The van der Waals surface area contributed by atoms with Crippen molar-refractivity contribution < 1.29 is 9.50 Å². The molecule has 0 heterocycles. The summed E-state index contributed by atoms with van der Waals surface area (Å²) in [5.74, 6) is -0.245. The standard InChI is InChI=1S/C13H20FNO/c1-9-4-5-12(14)6-11(9)7-13(3,8-15)10(2)16/h4-6,10,16H,7-8,15H2,1-3H3. The highest BCUT2D eigenvalue weighted by molar-refractivity contribution is 5.27. The second-order valence-corrected chi connectivity index (χ2v) is 4.78. The van der Waals surface area contributed by atoms with Crippen molar-refractivity contribution in [3.8, 4) is 0 Å². The van der Waals surface area contributed by atoms with Gasteiger partial charge >= 0.3 is 0 Å². The third-order valence-electron chi connectivity index (χ3n) is 3.38. The van der Waals surface area contributed by atoms with Gasteiger partial charge in [0.1, 0.15) is 5.82 Å². The Hall–Kier alpha value is -0.930. The third kappa shape index (κ3) is 2.80. The van der Waals surface area contributed by atoms with Gasteiger partial charge in [-0.15, -0.1) is 0 Å². The van der Waals surface area contributed by atoms with Crippen LogP contribution in [0.1, 0.15) is 25.0 Å². The Labute approximate surface area is 96.3 Å². The average molecular weight is 225 g/mol. The molecule has 0 aliphatic carbocycles. The van der Waals surface area contributed by atoms with Crippen LogP contribution in [0.3, 0.4) is 0 Å². The number of rotatable bonds is 4. The van der Waals surface area contributed by atoms with Crippen molar-refractivity contribution in [2.45, 2.75) is 33.3 Å². The zero-order chi connectivity index (χ0) is 12.3. The van der Waals surface area contributed by atoms with Crippen LogP contribution in [0.5, 0.6) is 0 Å². The highest BCUT2D eigenvalue weighted by atomic mass is 19.1. The number of hydrogen-bond donors (Lipinski definition) is 2. The molecule has 1 aromatic rings. The number of aryl methyl sites for hydroxylation is 1. The minimum absolute atomic E-state index is 0.245. The first-order valence-corrected chi connectivity index (χ1v) is 5.52. The van der Waals surface area contributed by atoms with Crippen molar-refractivity contribution in [1.82, 2.24) is 0 Å². The number of aliphatic hydroxyl groups excluding tert-OH is 1. The van der Waals surface area contributed by atoms with Crippen molar-refractivity contribution in [3.63, 3.8) is 0 Å². The predicted molar refractivity (Wildman–Crippen MR) is 63.7 cm³/mol. The maximum Gasteiger partial charge on any atom is 0.123 e. The normalized spacial score (nSPS) is 16.9. The molecule has 0 aromatic heterocycles. The summed E-state index contributed by atoms with van der Waals surface area (Å²) in [6.45, 7) is 5.96. The fourth-order valence-corrected chi connectivity index (χ4v) is 1.66. The van der Waals surface area contributed by atoms with Crippen LogP contribution in [0, 0.1) is 18.2 Å². The van der Waals surface area contributed by atoms with E-state index in [4.69, 9.17) is 5.73 Å². The Bertz CT molecular complexity index is 365. The average Bonchev–Trinajstić information content (AvgIpc) is 2.23. The van der Waals surface area contributed by atoms with Crippen molar-refractivity contribution in [1.29, 1.82) is 0 Å². The first-order chi connectivity index (χ1) is 7.39. The Balaban J connectivity index is 2.98. The second-order valence-electron chi connectivity index (χ2n) is 4.78. The topological polar surface area (TPSA) is 46.2 Å². The van der Waals surface area contributed by atoms with Crippen LogP contribution in [0.25, 0.3) is 0 Å². The van der Waals surface area contributed by atoms with E-state index in [9.17, 15) is 9.50 Å². The Morgan fingerprint density at radius 2 is 2.12 bits per heavy atom. The number of halogens is 1. The summed E-state index contributed by atoms with van der Waals surface area (Å²) in [5, 5.41) is 9.72. The smallest absolute Gasteiger partial charge is 0.123 e. The van der Waals surface area contributed by atoms with Gasteiger partial charge in [-0.05, 0) is 43.5 Å². The second kappa shape index (κ2) is 4.93. The maximum atomic E-state index is 13.1. The minimum atomic E-state index is -0.514. The fourth-order valence-electron chi connectivity index (χ4n) is 1.66. The number of nitrogens with two attached hydrogens (primary N) is 1. The molecule has 0 bridgehead atoms. The van der Waals surface area contributed by atoms with Crippen LogP contribution >= 0.6 is 0 Å². The summed E-state index contributed by atoms with van der Waals surface area (Å²) >= 11 is 0. The van der Waals surface area contributed by atoms with Gasteiger partial charge in [-0.25, -0.2) is 4.39 Å². The zero-order valence-electron chi connectivity index (χ0n) is 10.1. The molecule has 0 aliphatic heterocycles. The lowest BCUT2D eigenvalue weighted by Gasteiger charge is -2.31. The summed E-state index contributed by atoms with van der Waals surface area (Å²) in [7, 11) is 0. The number of benzene rings is 1. The lowest BCUT2D eigenvalue weighted by Crippen LogP contribution is -2.39. The first kappa shape index (κ1) is 13.1. The largest absolute Gasteiger partial charge is 0.393 e. The van der Waals surface area contributed by atoms with Crippen molar-refractivity contribution in [2.24, 2.45) is 11.1 Å². The fraction of sp³-hybridized carbons (Fsp3) is 0.538. The van der Waals surface area contributed by atoms with Gasteiger partial charge in [0.2, 0.25) is 0 Å². The molecule has 0 spiro atoms. The molecule has 3 heteroatoms. The summed E-state index contributed by atoms with van der Waals surface area (Å²) in [6, 6.07) is 4.72. The highest BCUT2D eigenvalue weighted by Gasteiger charge is 2.29. The van der Waals surface area contributed by atoms with Gasteiger partial charge in [-0.2, -0.15) is 0 Å². The van der Waals surface area contributed by atoms with Crippen LogP contribution in [-0.2, 0) is 6.42 Å². The molecular weight excluding hydrogens is 205 g/mol. The SMILES string of the molecule is Cc1ccc(F)cc1CC(C)(CN)C(C)O. The van der Waals surface area contributed by atoms with Crippen LogP contribution in [0.2, 0.25) is 0 Å². The molecule has 16 heavy (non-hydrogen) atoms. The van der Waals surface area contributed by atoms with Crippen LogP contribution in [-0.4, -0.2) is 17.8 Å². The third-order valence-corrected chi connectivity index (χ3v) is 3.38. The summed E-state index contributed by atoms with van der Waals surface area (Å²) in [4.78, 5) is 0. The quantitative estimate of drug-likeness (QED) is 0.823. The van der Waals surface area contributed by atoms with E-state index in [1.807, 2.05) is 13.8 Å². The molecule has 2 unspecified atom stereocenters. The molecule has 0 radical (unpaired) electrons. The Morgan fingerprint density at radius 1 is 1.50 bits per heavy atom. The maximum absolute atomic E-state index is 13.1. The van der Waals surface area contributed by atoms with Crippen molar-refractivity contribution in [3.05, 3.63) is 35.1 Å². The minimum Gasteiger partial charge on any atom is -0.393 e. The number of hydrogen-bond acceptors (Lipinski definition) is 2. The van der Waals surface area contributed by atoms with E-state index in [0.717, 1.165) is 11.1 Å². The van der Waals surface area contributed by atoms with Crippen LogP contribution in [0.15, 0.2) is 18.2 Å². The molecule has 0 fully saturated rings. The van der Waals surface area contributed by atoms with E-state index in [2.05, 4.69) is 0 Å². The van der Waals surface area contributed by atoms with E-state index < -0.39 is 11.5 Å². The lowest BCUT2D eigenvalue weighted by atomic mass is 9.78.